The predicted octanol–water partition coefficient (Wildman–Crippen LogP) is 3.15. The van der Waals surface area contributed by atoms with Gasteiger partial charge in [0.1, 0.15) is 11.9 Å². The van der Waals surface area contributed by atoms with Crippen LogP contribution in [-0.4, -0.2) is 127 Å². The van der Waals surface area contributed by atoms with Gasteiger partial charge in [-0.3, -0.25) is 4.79 Å². The molecule has 8 heterocycles. The Labute approximate surface area is 308 Å². The van der Waals surface area contributed by atoms with Gasteiger partial charge < -0.3 is 53.8 Å². The first-order valence-electron chi connectivity index (χ1n) is 20.1. The van der Waals surface area contributed by atoms with Crippen molar-refractivity contribution in [3.63, 3.8) is 0 Å². The molecule has 0 amide bonds. The van der Waals surface area contributed by atoms with Gasteiger partial charge in [0.2, 0.25) is 0 Å². The molecule has 8 rings (SSSR count). The van der Waals surface area contributed by atoms with Crippen molar-refractivity contribution in [2.24, 2.45) is 17.6 Å². The fraction of sp³-hybridized carbons (Fsp3) is 0.875. The summed E-state index contributed by atoms with van der Waals surface area (Å²) in [6, 6.07) is 0. The summed E-state index contributed by atoms with van der Waals surface area (Å²) in [4.78, 5) is 14.0. The van der Waals surface area contributed by atoms with E-state index in [1.54, 1.807) is 7.11 Å². The maximum absolute atomic E-state index is 14.0. The molecule has 12 nitrogen and oxygen atoms in total. The van der Waals surface area contributed by atoms with Crippen molar-refractivity contribution < 1.29 is 52.9 Å². The van der Waals surface area contributed by atoms with E-state index in [9.17, 15) is 9.90 Å². The highest BCUT2D eigenvalue weighted by molar-refractivity contribution is 5.79. The predicted molar refractivity (Wildman–Crippen MR) is 190 cm³/mol. The lowest BCUT2D eigenvalue weighted by Gasteiger charge is -2.47. The quantitative estimate of drug-likeness (QED) is 0.323. The molecule has 5 N–H and O–H groups in total. The van der Waals surface area contributed by atoms with Crippen molar-refractivity contribution in [1.29, 1.82) is 0 Å². The van der Waals surface area contributed by atoms with E-state index in [1.807, 2.05) is 0 Å². The van der Waals surface area contributed by atoms with Crippen molar-refractivity contribution in [3.8, 4) is 0 Å². The van der Waals surface area contributed by atoms with Crippen molar-refractivity contribution in [3.05, 3.63) is 24.3 Å². The van der Waals surface area contributed by atoms with Gasteiger partial charge >= 0.3 is 0 Å². The lowest BCUT2D eigenvalue weighted by atomic mass is 9.81. The van der Waals surface area contributed by atoms with Gasteiger partial charge in [0, 0.05) is 58.1 Å². The van der Waals surface area contributed by atoms with Crippen molar-refractivity contribution in [1.82, 2.24) is 0 Å². The minimum atomic E-state index is -0.884. The van der Waals surface area contributed by atoms with Gasteiger partial charge in [-0.25, -0.2) is 0 Å². The van der Waals surface area contributed by atoms with Crippen molar-refractivity contribution >= 4 is 5.78 Å². The molecule has 1 unspecified atom stereocenters. The first-order valence-corrected chi connectivity index (χ1v) is 20.1. The zero-order valence-corrected chi connectivity index (χ0v) is 31.0. The normalized spacial score (nSPS) is 50.4. The topological polar surface area (TPSA) is 160 Å². The summed E-state index contributed by atoms with van der Waals surface area (Å²) in [5, 5.41) is 19.4. The Morgan fingerprint density at radius 1 is 0.865 bits per heavy atom. The Bertz CT molecular complexity index is 1330. The number of aliphatic hydroxyl groups is 1. The number of rotatable bonds is 4. The molecule has 292 valence electrons. The second-order valence-electron chi connectivity index (χ2n) is 17.3. The number of methoxy groups -OCH3 is 1. The number of carbonyl (C=O) groups is 1. The molecule has 0 aromatic heterocycles. The molecule has 0 saturated carbocycles. The number of ether oxygens (including phenoxy) is 8. The summed E-state index contributed by atoms with van der Waals surface area (Å²) in [5.41, 5.74) is 7.98. The summed E-state index contributed by atoms with van der Waals surface area (Å²) in [6.45, 7) is 11.2. The molecule has 10 bridgehead atoms. The van der Waals surface area contributed by atoms with E-state index in [4.69, 9.17) is 48.7 Å². The molecule has 1 spiro atoms. The summed E-state index contributed by atoms with van der Waals surface area (Å²) in [7, 11) is 1.65. The number of aliphatic hydroxyl groups excluding tert-OH is 1. The van der Waals surface area contributed by atoms with E-state index in [0.29, 0.717) is 38.5 Å². The summed E-state index contributed by atoms with van der Waals surface area (Å²) < 4.78 is 53.1. The zero-order valence-electron chi connectivity index (χ0n) is 31.0. The number of hydrogen-bond acceptors (Lipinski definition) is 11. The first-order chi connectivity index (χ1) is 25.0. The van der Waals surface area contributed by atoms with Gasteiger partial charge in [0.15, 0.2) is 18.0 Å². The molecule has 0 aliphatic carbocycles. The highest BCUT2D eigenvalue weighted by Gasteiger charge is 2.61. The summed E-state index contributed by atoms with van der Waals surface area (Å²) in [5.74, 6) is -0.737. The van der Waals surface area contributed by atoms with Crippen LogP contribution < -0.4 is 5.73 Å². The minimum Gasteiger partial charge on any atom is -0.441 e. The van der Waals surface area contributed by atoms with Gasteiger partial charge in [-0.2, -0.15) is 0 Å². The minimum absolute atomic E-state index is 0.0164. The van der Waals surface area contributed by atoms with Crippen LogP contribution in [0.3, 0.4) is 0 Å². The van der Waals surface area contributed by atoms with Crippen molar-refractivity contribution in [2.75, 3.05) is 13.7 Å². The average Bonchev–Trinajstić information content (AvgIpc) is 3.72. The van der Waals surface area contributed by atoms with Crippen LogP contribution >= 0.6 is 0 Å². The number of fused-ring (bicyclic) bond motifs is 9. The van der Waals surface area contributed by atoms with E-state index in [-0.39, 0.29) is 110 Å². The molecule has 0 aromatic carbocycles. The molecular formula is C40H62NO11+. The van der Waals surface area contributed by atoms with Gasteiger partial charge in [-0.15, -0.1) is 0 Å². The van der Waals surface area contributed by atoms with Crippen LogP contribution in [0.25, 0.3) is 0 Å². The molecule has 0 aromatic rings. The second kappa shape index (κ2) is 15.3. The SMILES string of the molecule is C=C1C[C@@H]2CC[C@]34C[C@@H]([OH2+])[C@H](O3)C3C[C@@H](O4)[C@H]4O[C@H](CC[C@@H]4O3)CC(=O)C[C@@H]3[C@@H](OC)[C@@H](C[C@H](O)CN)O[C@H]3C[C@H]3O[C@@H](CC[C@@H]1O2)C[C@@H](C)C3=C. The highest BCUT2D eigenvalue weighted by Crippen LogP contribution is 2.49. The van der Waals surface area contributed by atoms with Crippen molar-refractivity contribution in [2.45, 2.75) is 194 Å². The second-order valence-corrected chi connectivity index (χ2v) is 17.3. The Hall–Kier alpha value is -1.29. The van der Waals surface area contributed by atoms with Gasteiger partial charge in [0.05, 0.1) is 79.7 Å². The molecule has 18 atom stereocenters. The number of hydrogen-bond donors (Lipinski definition) is 2. The van der Waals surface area contributed by atoms with Crippen LogP contribution in [0, 0.1) is 11.8 Å². The molecular weight excluding hydrogens is 670 g/mol. The third kappa shape index (κ3) is 7.48. The standard InChI is InChI=1S/C40H61NO11/c1-20-11-25-5-7-30-21(2)12-27(46-30)9-10-40-18-29(44)38(52-40)35-17-36(51-40)39-31(49-35)8-6-26(48-39)13-23(42)14-28-33(16-32(47-25)22(20)3)50-34(37(28)45-4)15-24(43)19-41/h20,24-39,43-44H,2-3,5-19,41H2,1,4H3/p+1/t20-,24+,25+,26-,27+,28+,29-,30+,31+,32-,33+,34-,35?,36-,37-,38+,39+,40-/m1/s1. The third-order valence-corrected chi connectivity index (χ3v) is 13.6. The fourth-order valence-corrected chi connectivity index (χ4v) is 10.9. The van der Waals surface area contributed by atoms with Gasteiger partial charge in [-0.1, -0.05) is 20.1 Å². The van der Waals surface area contributed by atoms with Crippen LogP contribution in [0.1, 0.15) is 96.8 Å². The van der Waals surface area contributed by atoms with Gasteiger partial charge in [-0.05, 0) is 62.0 Å². The van der Waals surface area contributed by atoms with Crippen LogP contribution in [0.15, 0.2) is 24.3 Å². The largest absolute Gasteiger partial charge is 0.441 e. The Morgan fingerprint density at radius 2 is 1.65 bits per heavy atom. The lowest BCUT2D eigenvalue weighted by molar-refractivity contribution is -0.277. The third-order valence-electron chi connectivity index (χ3n) is 13.6. The highest BCUT2D eigenvalue weighted by atomic mass is 16.7. The van der Waals surface area contributed by atoms with Crippen LogP contribution in [0.4, 0.5) is 0 Å². The first kappa shape index (κ1) is 37.6. The van der Waals surface area contributed by atoms with E-state index in [0.717, 1.165) is 49.7 Å². The number of Topliss-reactive ketones (excluding diaryl/α,β-unsaturated/α-hetero) is 1. The molecule has 0 radical (unpaired) electrons. The average molecular weight is 733 g/mol. The van der Waals surface area contributed by atoms with Crippen LogP contribution in [0.2, 0.25) is 0 Å². The fourth-order valence-electron chi connectivity index (χ4n) is 10.9. The Balaban J connectivity index is 1.06. The molecule has 8 aliphatic heterocycles. The Kier molecular flexibility index (Phi) is 11.1. The Morgan fingerprint density at radius 3 is 2.46 bits per heavy atom. The number of carbonyl (C=O) groups excluding carboxylic acids is 1. The molecule has 8 saturated heterocycles. The summed E-state index contributed by atoms with van der Waals surface area (Å²) >= 11 is 0. The molecule has 8 fully saturated rings. The lowest BCUT2D eigenvalue weighted by Crippen LogP contribution is -2.58. The van der Waals surface area contributed by atoms with Crippen LogP contribution in [-0.2, 0) is 42.7 Å². The van der Waals surface area contributed by atoms with E-state index < -0.39 is 24.1 Å². The molecule has 8 aliphatic rings. The number of ketones is 1. The smallest absolute Gasteiger partial charge is 0.188 e. The van der Waals surface area contributed by atoms with E-state index >= 15 is 0 Å². The maximum Gasteiger partial charge on any atom is 0.188 e. The summed E-state index contributed by atoms with van der Waals surface area (Å²) in [6.07, 6.45) is 4.79. The number of nitrogens with two attached hydrogens (primary N) is 1. The molecule has 52 heavy (non-hydrogen) atoms. The molecule has 12 heteroatoms. The zero-order chi connectivity index (χ0) is 36.3. The van der Waals surface area contributed by atoms with Gasteiger partial charge in [0.25, 0.3) is 0 Å². The van der Waals surface area contributed by atoms with E-state index in [2.05, 4.69) is 20.1 Å². The maximum atomic E-state index is 14.0. The monoisotopic (exact) mass is 732 g/mol. The van der Waals surface area contributed by atoms with Crippen LogP contribution in [0.5, 0.6) is 0 Å². The van der Waals surface area contributed by atoms with E-state index in [1.165, 1.54) is 0 Å².